The summed E-state index contributed by atoms with van der Waals surface area (Å²) in [5.41, 5.74) is 0.963. The number of piperidine rings is 1. The van der Waals surface area contributed by atoms with Gasteiger partial charge in [-0.3, -0.25) is 14.2 Å². The Bertz CT molecular complexity index is 1540. The lowest BCUT2D eigenvalue weighted by Crippen LogP contribution is -2.39. The van der Waals surface area contributed by atoms with E-state index >= 15 is 0 Å². The molecule has 1 saturated heterocycles. The van der Waals surface area contributed by atoms with Gasteiger partial charge < -0.3 is 23.8 Å². The molecule has 1 amide bonds. The van der Waals surface area contributed by atoms with Crippen molar-refractivity contribution < 1.29 is 41.7 Å². The molecule has 0 N–H and O–H groups in total. The maximum absolute atomic E-state index is 14.3. The van der Waals surface area contributed by atoms with Crippen molar-refractivity contribution >= 4 is 23.5 Å². The summed E-state index contributed by atoms with van der Waals surface area (Å²) in [6.07, 6.45) is -5.23. The van der Waals surface area contributed by atoms with Gasteiger partial charge in [-0.05, 0) is 56.4 Å². The number of hydrogen-bond donors (Lipinski definition) is 0. The van der Waals surface area contributed by atoms with Gasteiger partial charge in [-0.15, -0.1) is 10.2 Å². The zero-order chi connectivity index (χ0) is 32.3. The number of alkyl halides is 3. The molecular weight excluding hydrogens is 617 g/mol. The summed E-state index contributed by atoms with van der Waals surface area (Å²) in [6, 6.07) is 9.65. The molecule has 10 nitrogen and oxygen atoms in total. The van der Waals surface area contributed by atoms with Crippen LogP contribution in [0.4, 0.5) is 13.2 Å². The van der Waals surface area contributed by atoms with Gasteiger partial charge in [-0.1, -0.05) is 23.7 Å². The van der Waals surface area contributed by atoms with Crippen LogP contribution in [0.1, 0.15) is 74.0 Å². The number of fused-ring (bicyclic) bond motifs is 3. The lowest BCUT2D eigenvalue weighted by molar-refractivity contribution is -0.146. The summed E-state index contributed by atoms with van der Waals surface area (Å²) in [4.78, 5) is 26.9. The molecule has 2 aliphatic heterocycles. The fraction of sp³-hybridized carbons (Fsp3) is 0.484. The molecular formula is C31H34ClF3N4O6. The second-order valence-corrected chi connectivity index (χ2v) is 11.3. The minimum atomic E-state index is -4.83. The number of amides is 1. The number of esters is 1. The van der Waals surface area contributed by atoms with Crippen LogP contribution in [0.25, 0.3) is 5.69 Å². The maximum Gasteiger partial charge on any atom is 0.452 e. The minimum Gasteiger partial charge on any atom is -0.493 e. The summed E-state index contributed by atoms with van der Waals surface area (Å²) in [6.45, 7) is 3.01. The molecule has 2 aliphatic rings. The van der Waals surface area contributed by atoms with Gasteiger partial charge >= 0.3 is 12.1 Å². The van der Waals surface area contributed by atoms with Crippen molar-refractivity contribution in [2.24, 2.45) is 5.92 Å². The Morgan fingerprint density at radius 2 is 1.82 bits per heavy atom. The summed E-state index contributed by atoms with van der Waals surface area (Å²) < 4.78 is 66.5. The van der Waals surface area contributed by atoms with Crippen LogP contribution in [0.2, 0.25) is 5.02 Å². The summed E-state index contributed by atoms with van der Waals surface area (Å²) in [5, 5.41) is 7.73. The maximum atomic E-state index is 14.3. The number of carbonyl (C=O) groups is 2. The Morgan fingerprint density at radius 1 is 1.07 bits per heavy atom. The van der Waals surface area contributed by atoms with Crippen molar-refractivity contribution in [1.29, 1.82) is 0 Å². The minimum absolute atomic E-state index is 0.0134. The molecule has 0 aliphatic carbocycles. The average Bonchev–Trinajstić information content (AvgIpc) is 3.42. The van der Waals surface area contributed by atoms with Gasteiger partial charge in [0.1, 0.15) is 12.2 Å². The zero-order valence-corrected chi connectivity index (χ0v) is 25.9. The highest BCUT2D eigenvalue weighted by Crippen LogP contribution is 2.47. The number of aromatic nitrogens is 3. The zero-order valence-electron chi connectivity index (χ0n) is 25.1. The molecule has 3 aromatic rings. The first-order valence-corrected chi connectivity index (χ1v) is 15.1. The van der Waals surface area contributed by atoms with Crippen LogP contribution in [-0.2, 0) is 25.2 Å². The van der Waals surface area contributed by atoms with Gasteiger partial charge in [0.05, 0.1) is 26.5 Å². The molecule has 5 rings (SSSR count). The second-order valence-electron chi connectivity index (χ2n) is 10.9. The summed E-state index contributed by atoms with van der Waals surface area (Å²) >= 11 is 6.37. The van der Waals surface area contributed by atoms with Crippen molar-refractivity contribution in [3.05, 3.63) is 64.2 Å². The van der Waals surface area contributed by atoms with Crippen molar-refractivity contribution in [3.8, 4) is 17.2 Å². The van der Waals surface area contributed by atoms with E-state index in [4.69, 9.17) is 30.5 Å². The number of halogens is 4. The number of methoxy groups -OCH3 is 2. The summed E-state index contributed by atoms with van der Waals surface area (Å²) in [7, 11) is 2.94. The molecule has 0 radical (unpaired) electrons. The Morgan fingerprint density at radius 3 is 2.49 bits per heavy atom. The van der Waals surface area contributed by atoms with Crippen molar-refractivity contribution in [3.63, 3.8) is 0 Å². The number of ether oxygens (including phenoxy) is 4. The number of hydrogen-bond acceptors (Lipinski definition) is 8. The Balaban J connectivity index is 1.47. The number of rotatable bonds is 9. The van der Waals surface area contributed by atoms with Gasteiger partial charge in [0.2, 0.25) is 11.7 Å². The third-order valence-electron chi connectivity index (χ3n) is 8.11. The first kappa shape index (κ1) is 32.6. The largest absolute Gasteiger partial charge is 0.493 e. The Labute approximate surface area is 263 Å². The highest BCUT2D eigenvalue weighted by atomic mass is 35.5. The first-order valence-electron chi connectivity index (χ1n) is 14.7. The van der Waals surface area contributed by atoms with E-state index in [1.165, 1.54) is 26.4 Å². The predicted octanol–water partition coefficient (Wildman–Crippen LogP) is 6.09. The van der Waals surface area contributed by atoms with Crippen molar-refractivity contribution in [2.45, 2.75) is 57.4 Å². The summed E-state index contributed by atoms with van der Waals surface area (Å²) in [5.74, 6) is -0.860. The van der Waals surface area contributed by atoms with Gasteiger partial charge in [0.15, 0.2) is 17.3 Å². The average molecular weight is 651 g/mol. The fourth-order valence-corrected chi connectivity index (χ4v) is 6.16. The molecule has 242 valence electrons. The van der Waals surface area contributed by atoms with E-state index in [2.05, 4.69) is 10.2 Å². The molecule has 14 heteroatoms. The van der Waals surface area contributed by atoms with Crippen LogP contribution in [0, 0.1) is 5.92 Å². The highest BCUT2D eigenvalue weighted by Gasteiger charge is 2.43. The molecule has 0 saturated carbocycles. The quantitative estimate of drug-likeness (QED) is 0.256. The van der Waals surface area contributed by atoms with E-state index in [0.29, 0.717) is 61.6 Å². The smallest absolute Gasteiger partial charge is 0.452 e. The Hall–Kier alpha value is -3.84. The van der Waals surface area contributed by atoms with Gasteiger partial charge in [-0.25, -0.2) is 0 Å². The molecule has 1 aromatic heterocycles. The standard InChI is InChI=1S/C31H34ClF3N4O6/c1-4-44-26(41)16-18-12-14-38(15-13-18)25(40)11-10-24-29-36-37-30(31(33,34)35)39(29)22-9-8-19(32)17-21(22)27(45-24)20-6-5-7-23(42-2)28(20)43-3/h5-9,17-18,24,27H,4,10-16H2,1-3H3/t24-,27-/m1/s1. The van der Waals surface area contributed by atoms with E-state index in [-0.39, 0.29) is 47.2 Å². The van der Waals surface area contributed by atoms with E-state index in [9.17, 15) is 22.8 Å². The van der Waals surface area contributed by atoms with Crippen LogP contribution in [0.15, 0.2) is 36.4 Å². The lowest BCUT2D eigenvalue weighted by Gasteiger charge is -2.32. The fourth-order valence-electron chi connectivity index (χ4n) is 5.97. The van der Waals surface area contributed by atoms with Crippen LogP contribution >= 0.6 is 11.6 Å². The monoisotopic (exact) mass is 650 g/mol. The predicted molar refractivity (Wildman–Crippen MR) is 156 cm³/mol. The van der Waals surface area contributed by atoms with Gasteiger partial charge in [0, 0.05) is 42.1 Å². The lowest BCUT2D eigenvalue weighted by atomic mass is 9.93. The van der Waals surface area contributed by atoms with E-state index in [1.54, 1.807) is 36.1 Å². The topological polar surface area (TPSA) is 105 Å². The molecule has 0 bridgehead atoms. The number of carbonyl (C=O) groups excluding carboxylic acids is 2. The number of nitrogens with zero attached hydrogens (tertiary/aromatic N) is 4. The highest BCUT2D eigenvalue weighted by molar-refractivity contribution is 6.30. The third-order valence-corrected chi connectivity index (χ3v) is 8.34. The number of para-hydroxylation sites is 1. The molecule has 2 aromatic carbocycles. The second kappa shape index (κ2) is 13.7. The van der Waals surface area contributed by atoms with Crippen LogP contribution in [0.5, 0.6) is 11.5 Å². The Kier molecular flexibility index (Phi) is 9.88. The molecule has 0 unspecified atom stereocenters. The van der Waals surface area contributed by atoms with Gasteiger partial charge in [0.25, 0.3) is 0 Å². The molecule has 1 fully saturated rings. The SMILES string of the molecule is CCOC(=O)CC1CCN(C(=O)CC[C@H]2O[C@H](c3cccc(OC)c3OC)c3cc(Cl)ccc3-n3c2nnc3C(F)(F)F)CC1. The van der Waals surface area contributed by atoms with Crippen molar-refractivity contribution in [2.75, 3.05) is 33.9 Å². The first-order chi connectivity index (χ1) is 21.5. The van der Waals surface area contributed by atoms with Crippen LogP contribution in [-0.4, -0.2) is 65.5 Å². The molecule has 2 atom stereocenters. The van der Waals surface area contributed by atoms with E-state index < -0.39 is 24.2 Å². The molecule has 3 heterocycles. The number of likely N-dealkylation sites (tertiary alicyclic amines) is 1. The third kappa shape index (κ3) is 6.89. The molecule has 45 heavy (non-hydrogen) atoms. The van der Waals surface area contributed by atoms with Crippen LogP contribution in [0.3, 0.4) is 0 Å². The van der Waals surface area contributed by atoms with Crippen LogP contribution < -0.4 is 9.47 Å². The molecule has 0 spiro atoms. The normalized spacial score (nSPS) is 18.5. The van der Waals surface area contributed by atoms with Gasteiger partial charge in [-0.2, -0.15) is 13.2 Å². The van der Waals surface area contributed by atoms with Crippen molar-refractivity contribution in [1.82, 2.24) is 19.7 Å². The number of benzene rings is 2. The van der Waals surface area contributed by atoms with E-state index in [1.807, 2.05) is 0 Å². The van der Waals surface area contributed by atoms with E-state index in [0.717, 1.165) is 4.57 Å².